The molecule has 2 aromatic rings. The third kappa shape index (κ3) is 3.73. The van der Waals surface area contributed by atoms with Crippen LogP contribution in [0.5, 0.6) is 17.2 Å². The SMILES string of the molecule is CCC1(NC(=O)C23CCC(C(=O)NC45CC(Oc6ccnc7cc(OC)c(OC)cc67)(C4)C5)(CC2)CC3)CC1. The second-order valence-corrected chi connectivity index (χ2v) is 13.2. The van der Waals surface area contributed by atoms with E-state index in [0.29, 0.717) is 11.5 Å². The largest absolute Gasteiger partial charge is 0.493 e. The third-order valence-electron chi connectivity index (χ3n) is 11.0. The van der Waals surface area contributed by atoms with Crippen molar-refractivity contribution >= 4 is 22.7 Å². The highest BCUT2D eigenvalue weighted by Gasteiger charge is 2.72. The smallest absolute Gasteiger partial charge is 0.226 e. The number of fused-ring (bicyclic) bond motifs is 4. The summed E-state index contributed by atoms with van der Waals surface area (Å²) in [5.41, 5.74) is -0.125. The van der Waals surface area contributed by atoms with E-state index in [1.807, 2.05) is 18.2 Å². The predicted molar refractivity (Wildman–Crippen MR) is 146 cm³/mol. The summed E-state index contributed by atoms with van der Waals surface area (Å²) >= 11 is 0. The topological polar surface area (TPSA) is 98.8 Å². The fourth-order valence-electron chi connectivity index (χ4n) is 8.04. The van der Waals surface area contributed by atoms with Gasteiger partial charge in [-0.2, -0.15) is 0 Å². The molecule has 0 atom stereocenters. The van der Waals surface area contributed by atoms with E-state index in [1.54, 1.807) is 20.4 Å². The summed E-state index contributed by atoms with van der Waals surface area (Å²) in [6, 6.07) is 5.68. The lowest BCUT2D eigenvalue weighted by Crippen LogP contribution is -2.81. The number of ether oxygens (including phenoxy) is 3. The Hall–Kier alpha value is -3.03. The van der Waals surface area contributed by atoms with Crippen molar-refractivity contribution < 1.29 is 23.8 Å². The van der Waals surface area contributed by atoms with Crippen LogP contribution in [-0.4, -0.2) is 47.7 Å². The van der Waals surface area contributed by atoms with Crippen LogP contribution < -0.4 is 24.8 Å². The fourth-order valence-corrected chi connectivity index (χ4v) is 8.04. The number of nitrogens with zero attached hydrogens (tertiary/aromatic N) is 1. The van der Waals surface area contributed by atoms with Crippen LogP contribution in [0, 0.1) is 10.8 Å². The molecular formula is C31H39N3O5. The molecule has 0 radical (unpaired) electrons. The first-order chi connectivity index (χ1) is 18.7. The van der Waals surface area contributed by atoms with Crippen LogP contribution in [0.2, 0.25) is 0 Å². The molecule has 7 aliphatic carbocycles. The first-order valence-corrected chi connectivity index (χ1v) is 14.6. The van der Waals surface area contributed by atoms with Crippen molar-refractivity contribution in [1.82, 2.24) is 15.6 Å². The summed E-state index contributed by atoms with van der Waals surface area (Å²) in [6.45, 7) is 2.16. The van der Waals surface area contributed by atoms with E-state index in [2.05, 4.69) is 22.5 Å². The van der Waals surface area contributed by atoms with Crippen LogP contribution in [0.1, 0.15) is 84.0 Å². The molecule has 0 unspecified atom stereocenters. The van der Waals surface area contributed by atoms with Gasteiger partial charge in [-0.3, -0.25) is 14.6 Å². The molecule has 0 saturated heterocycles. The summed E-state index contributed by atoms with van der Waals surface area (Å²) in [5, 5.41) is 7.73. The quantitative estimate of drug-likeness (QED) is 0.480. The molecule has 2 N–H and O–H groups in total. The molecule has 208 valence electrons. The molecule has 1 heterocycles. The van der Waals surface area contributed by atoms with Crippen molar-refractivity contribution in [1.29, 1.82) is 0 Å². The molecular weight excluding hydrogens is 494 g/mol. The maximum atomic E-state index is 13.7. The normalized spacial score (nSPS) is 34.8. The number of nitrogens with one attached hydrogen (secondary N) is 2. The number of hydrogen-bond acceptors (Lipinski definition) is 6. The van der Waals surface area contributed by atoms with Crippen molar-refractivity contribution in [3.05, 3.63) is 24.4 Å². The Balaban J connectivity index is 0.979. The zero-order valence-electron chi connectivity index (χ0n) is 23.3. The van der Waals surface area contributed by atoms with Crippen molar-refractivity contribution in [2.75, 3.05) is 14.2 Å². The molecule has 0 spiro atoms. The highest BCUT2D eigenvalue weighted by Crippen LogP contribution is 2.64. The van der Waals surface area contributed by atoms with Crippen molar-refractivity contribution in [2.45, 2.75) is 101 Å². The van der Waals surface area contributed by atoms with Crippen molar-refractivity contribution in [2.24, 2.45) is 10.8 Å². The molecule has 1 aromatic carbocycles. The van der Waals surface area contributed by atoms with E-state index < -0.39 is 0 Å². The Labute approximate surface area is 229 Å². The van der Waals surface area contributed by atoms with Crippen LogP contribution in [0.4, 0.5) is 0 Å². The minimum atomic E-state index is -0.315. The van der Waals surface area contributed by atoms with Crippen LogP contribution in [0.15, 0.2) is 24.4 Å². The van der Waals surface area contributed by atoms with Crippen LogP contribution in [0.3, 0.4) is 0 Å². The van der Waals surface area contributed by atoms with Gasteiger partial charge >= 0.3 is 0 Å². The first kappa shape index (κ1) is 25.0. The Morgan fingerprint density at radius 2 is 1.38 bits per heavy atom. The minimum absolute atomic E-state index is 0.0544. The number of rotatable bonds is 9. The lowest BCUT2D eigenvalue weighted by molar-refractivity contribution is -0.207. The zero-order valence-corrected chi connectivity index (χ0v) is 23.3. The number of aromatic nitrogens is 1. The molecule has 4 bridgehead atoms. The fraction of sp³-hybridized carbons (Fsp3) is 0.645. The molecule has 1 aromatic heterocycles. The van der Waals surface area contributed by atoms with Gasteiger partial charge in [0.15, 0.2) is 11.5 Å². The number of carbonyl (C=O) groups is 2. The molecule has 7 aliphatic rings. The lowest BCUT2D eigenvalue weighted by atomic mass is 9.45. The second-order valence-electron chi connectivity index (χ2n) is 13.2. The Morgan fingerprint density at radius 1 is 0.821 bits per heavy atom. The van der Waals surface area contributed by atoms with Gasteiger partial charge in [0.2, 0.25) is 11.8 Å². The maximum Gasteiger partial charge on any atom is 0.226 e. The van der Waals surface area contributed by atoms with Gasteiger partial charge in [0, 0.05) is 53.3 Å². The summed E-state index contributed by atoms with van der Waals surface area (Å²) < 4.78 is 17.5. The van der Waals surface area contributed by atoms with Gasteiger partial charge in [0.1, 0.15) is 11.4 Å². The Kier molecular flexibility index (Phi) is 5.28. The molecule has 7 fully saturated rings. The van der Waals surface area contributed by atoms with Crippen molar-refractivity contribution in [3.8, 4) is 17.2 Å². The summed E-state index contributed by atoms with van der Waals surface area (Å²) in [4.78, 5) is 31.4. The molecule has 8 heteroatoms. The average Bonchev–Trinajstić information content (AvgIpc) is 3.71. The van der Waals surface area contributed by atoms with E-state index >= 15 is 0 Å². The van der Waals surface area contributed by atoms with E-state index in [4.69, 9.17) is 14.2 Å². The summed E-state index contributed by atoms with van der Waals surface area (Å²) in [7, 11) is 3.24. The number of carbonyl (C=O) groups excluding carboxylic acids is 2. The highest BCUT2D eigenvalue weighted by molar-refractivity contribution is 5.89. The minimum Gasteiger partial charge on any atom is -0.493 e. The van der Waals surface area contributed by atoms with Gasteiger partial charge in [-0.1, -0.05) is 6.92 Å². The van der Waals surface area contributed by atoms with Gasteiger partial charge in [0.25, 0.3) is 0 Å². The monoisotopic (exact) mass is 533 g/mol. The van der Waals surface area contributed by atoms with Gasteiger partial charge < -0.3 is 24.8 Å². The second kappa shape index (κ2) is 8.24. The van der Waals surface area contributed by atoms with Crippen LogP contribution in [0.25, 0.3) is 10.9 Å². The van der Waals surface area contributed by atoms with Gasteiger partial charge in [0.05, 0.1) is 25.3 Å². The molecule has 7 saturated carbocycles. The van der Waals surface area contributed by atoms with E-state index in [0.717, 1.165) is 93.7 Å². The number of benzene rings is 1. The predicted octanol–water partition coefficient (Wildman–Crippen LogP) is 4.82. The van der Waals surface area contributed by atoms with Crippen molar-refractivity contribution in [3.63, 3.8) is 0 Å². The average molecular weight is 534 g/mol. The first-order valence-electron chi connectivity index (χ1n) is 14.6. The zero-order chi connectivity index (χ0) is 27.1. The Morgan fingerprint density at radius 3 is 1.92 bits per heavy atom. The van der Waals surface area contributed by atoms with Gasteiger partial charge in [-0.15, -0.1) is 0 Å². The van der Waals surface area contributed by atoms with Gasteiger partial charge in [-0.25, -0.2) is 0 Å². The van der Waals surface area contributed by atoms with Gasteiger partial charge in [-0.05, 0) is 69.9 Å². The standard InChI is InChI=1S/C31H39N3O5/c1-4-29(12-13-29)33-25(35)27-6-9-28(10-7-27,11-8-27)26(36)34-30-17-31(18-30,19-30)39-22-5-14-32-21-16-24(38-3)23(37-2)15-20(21)22/h5,14-16H,4,6-13,17-19H2,1-3H3,(H,33,35)(H,34,36). The highest BCUT2D eigenvalue weighted by atomic mass is 16.5. The maximum absolute atomic E-state index is 13.7. The molecule has 2 amide bonds. The molecule has 0 aliphatic heterocycles. The van der Waals surface area contributed by atoms with E-state index in [1.165, 1.54) is 0 Å². The summed E-state index contributed by atoms with van der Waals surface area (Å²) in [6.07, 6.45) is 12.4. The van der Waals surface area contributed by atoms with Crippen LogP contribution in [-0.2, 0) is 9.59 Å². The number of pyridine rings is 1. The lowest BCUT2D eigenvalue weighted by Gasteiger charge is -2.69. The number of hydrogen-bond donors (Lipinski definition) is 2. The summed E-state index contributed by atoms with van der Waals surface area (Å²) in [5.74, 6) is 2.50. The molecule has 8 nitrogen and oxygen atoms in total. The number of amides is 2. The van der Waals surface area contributed by atoms with E-state index in [9.17, 15) is 9.59 Å². The van der Waals surface area contributed by atoms with Crippen LogP contribution >= 0.6 is 0 Å². The Bertz CT molecular complexity index is 1320. The number of methoxy groups -OCH3 is 2. The molecule has 9 rings (SSSR count). The van der Waals surface area contributed by atoms with E-state index in [-0.39, 0.29) is 39.3 Å². The molecule has 39 heavy (non-hydrogen) atoms. The third-order valence-corrected chi connectivity index (χ3v) is 11.0.